The molecular formula is C12H8F6N4O2. The van der Waals surface area contributed by atoms with Crippen molar-refractivity contribution >= 4 is 5.97 Å². The average molecular weight is 354 g/mol. The van der Waals surface area contributed by atoms with Crippen LogP contribution in [0, 0.1) is 6.92 Å². The van der Waals surface area contributed by atoms with Crippen molar-refractivity contribution in [1.29, 1.82) is 0 Å². The van der Waals surface area contributed by atoms with Crippen molar-refractivity contribution in [2.45, 2.75) is 25.2 Å². The van der Waals surface area contributed by atoms with Crippen LogP contribution < -0.4 is 4.74 Å². The molecule has 0 aliphatic heterocycles. The molecule has 0 aliphatic carbocycles. The highest BCUT2D eigenvalue weighted by molar-refractivity contribution is 5.80. The monoisotopic (exact) mass is 354 g/mol. The standard InChI is InChI=1S/C12H8F6N4O2/c1-6-7(22-3-2-19-5-22)20-4-21-8(6)24-10(23)11(14,15)9(13)12(16,17)18/h2-5,9H,1H3. The van der Waals surface area contributed by atoms with E-state index in [4.69, 9.17) is 0 Å². The Bertz CT molecular complexity index is 732. The molecule has 24 heavy (non-hydrogen) atoms. The van der Waals surface area contributed by atoms with Gasteiger partial charge < -0.3 is 4.74 Å². The smallest absolute Gasteiger partial charge is 0.402 e. The maximum absolute atomic E-state index is 13.3. The topological polar surface area (TPSA) is 69.9 Å². The molecule has 0 saturated heterocycles. The number of halogens is 6. The molecule has 2 rings (SSSR count). The first kappa shape index (κ1) is 17.7. The first-order valence-corrected chi connectivity index (χ1v) is 6.16. The van der Waals surface area contributed by atoms with Gasteiger partial charge in [0.25, 0.3) is 6.17 Å². The third kappa shape index (κ3) is 3.31. The second kappa shape index (κ2) is 6.09. The fraction of sp³-hybridized carbons (Fsp3) is 0.333. The summed E-state index contributed by atoms with van der Waals surface area (Å²) in [6.45, 7) is 1.27. The van der Waals surface area contributed by atoms with Crippen LogP contribution in [-0.4, -0.2) is 43.8 Å². The second-order valence-corrected chi connectivity index (χ2v) is 4.51. The van der Waals surface area contributed by atoms with Crippen LogP contribution in [0.4, 0.5) is 26.3 Å². The van der Waals surface area contributed by atoms with E-state index in [9.17, 15) is 31.1 Å². The van der Waals surface area contributed by atoms with Crippen LogP contribution in [0.15, 0.2) is 25.0 Å². The lowest BCUT2D eigenvalue weighted by molar-refractivity contribution is -0.246. The van der Waals surface area contributed by atoms with E-state index in [1.807, 2.05) is 0 Å². The zero-order valence-corrected chi connectivity index (χ0v) is 11.8. The molecule has 2 aromatic heterocycles. The van der Waals surface area contributed by atoms with E-state index in [1.165, 1.54) is 30.2 Å². The van der Waals surface area contributed by atoms with Gasteiger partial charge in [-0.3, -0.25) is 4.57 Å². The largest absolute Gasteiger partial charge is 0.426 e. The molecule has 0 radical (unpaired) electrons. The SMILES string of the molecule is Cc1c(OC(=O)C(F)(F)C(F)C(F)(F)F)ncnc1-n1ccnc1. The predicted molar refractivity (Wildman–Crippen MR) is 65.4 cm³/mol. The molecule has 2 aromatic rings. The van der Waals surface area contributed by atoms with E-state index in [-0.39, 0.29) is 11.4 Å². The van der Waals surface area contributed by atoms with Gasteiger partial charge in [0.2, 0.25) is 5.88 Å². The van der Waals surface area contributed by atoms with Gasteiger partial charge in [0.15, 0.2) is 0 Å². The number of hydrogen-bond donors (Lipinski definition) is 0. The van der Waals surface area contributed by atoms with Gasteiger partial charge in [-0.25, -0.2) is 24.1 Å². The second-order valence-electron chi connectivity index (χ2n) is 4.51. The number of imidazole rings is 1. The number of carbonyl (C=O) groups excluding carboxylic acids is 1. The predicted octanol–water partition coefficient (Wildman–Crippen LogP) is 2.41. The molecule has 0 aromatic carbocycles. The quantitative estimate of drug-likeness (QED) is 0.623. The number of hydrogen-bond acceptors (Lipinski definition) is 5. The fourth-order valence-corrected chi connectivity index (χ4v) is 1.64. The van der Waals surface area contributed by atoms with Gasteiger partial charge in [-0.05, 0) is 6.92 Å². The Morgan fingerprint density at radius 1 is 1.25 bits per heavy atom. The minimum atomic E-state index is -5.93. The molecule has 0 saturated carbocycles. The molecule has 12 heteroatoms. The van der Waals surface area contributed by atoms with E-state index in [1.54, 1.807) is 0 Å². The number of esters is 1. The van der Waals surface area contributed by atoms with Crippen LogP contribution >= 0.6 is 0 Å². The van der Waals surface area contributed by atoms with E-state index < -0.39 is 30.1 Å². The Hall–Kier alpha value is -2.66. The molecule has 1 atom stereocenters. The molecule has 0 fully saturated rings. The Balaban J connectivity index is 2.28. The number of aromatic nitrogens is 4. The normalized spacial score (nSPS) is 13.6. The van der Waals surface area contributed by atoms with E-state index in [0.29, 0.717) is 0 Å². The van der Waals surface area contributed by atoms with Crippen molar-refractivity contribution in [3.8, 4) is 11.7 Å². The minimum absolute atomic E-state index is 0.0398. The molecule has 0 spiro atoms. The number of carbonyl (C=O) groups is 1. The van der Waals surface area contributed by atoms with Gasteiger partial charge in [-0.2, -0.15) is 22.0 Å². The van der Waals surface area contributed by atoms with Gasteiger partial charge in [-0.1, -0.05) is 0 Å². The Morgan fingerprint density at radius 3 is 2.46 bits per heavy atom. The highest BCUT2D eigenvalue weighted by atomic mass is 19.4. The van der Waals surface area contributed by atoms with Crippen molar-refractivity contribution in [3.05, 3.63) is 30.6 Å². The fourth-order valence-electron chi connectivity index (χ4n) is 1.64. The Labute approximate surface area is 130 Å². The lowest BCUT2D eigenvalue weighted by Crippen LogP contribution is -2.49. The van der Waals surface area contributed by atoms with Crippen LogP contribution in [0.2, 0.25) is 0 Å². The number of nitrogens with zero attached hydrogens (tertiary/aromatic N) is 4. The van der Waals surface area contributed by atoms with Crippen molar-refractivity contribution in [1.82, 2.24) is 19.5 Å². The van der Waals surface area contributed by atoms with Gasteiger partial charge in [0.1, 0.15) is 18.5 Å². The first-order chi connectivity index (χ1) is 11.0. The Morgan fingerprint density at radius 2 is 1.92 bits per heavy atom. The van der Waals surface area contributed by atoms with Crippen LogP contribution in [-0.2, 0) is 4.79 Å². The third-order valence-electron chi connectivity index (χ3n) is 2.83. The molecule has 0 N–H and O–H groups in total. The third-order valence-corrected chi connectivity index (χ3v) is 2.83. The van der Waals surface area contributed by atoms with Crippen molar-refractivity contribution in [3.63, 3.8) is 0 Å². The molecule has 6 nitrogen and oxygen atoms in total. The Kier molecular flexibility index (Phi) is 4.49. The van der Waals surface area contributed by atoms with Crippen LogP contribution in [0.1, 0.15) is 5.56 Å². The van der Waals surface area contributed by atoms with Crippen LogP contribution in [0.3, 0.4) is 0 Å². The summed E-state index contributed by atoms with van der Waals surface area (Å²) >= 11 is 0. The van der Waals surface area contributed by atoms with Crippen LogP contribution in [0.25, 0.3) is 5.82 Å². The molecule has 0 aliphatic rings. The van der Waals surface area contributed by atoms with E-state index >= 15 is 0 Å². The van der Waals surface area contributed by atoms with Gasteiger partial charge in [0.05, 0.1) is 5.56 Å². The summed E-state index contributed by atoms with van der Waals surface area (Å²) in [4.78, 5) is 22.2. The summed E-state index contributed by atoms with van der Waals surface area (Å²) < 4.78 is 81.1. The van der Waals surface area contributed by atoms with Crippen LogP contribution in [0.5, 0.6) is 5.88 Å². The highest BCUT2D eigenvalue weighted by Gasteiger charge is 2.62. The molecular weight excluding hydrogens is 346 g/mol. The summed E-state index contributed by atoms with van der Waals surface area (Å²) in [5.41, 5.74) is -0.0398. The van der Waals surface area contributed by atoms with Crippen molar-refractivity contribution in [2.24, 2.45) is 0 Å². The summed E-state index contributed by atoms with van der Waals surface area (Å²) in [7, 11) is 0. The first-order valence-electron chi connectivity index (χ1n) is 6.16. The van der Waals surface area contributed by atoms with E-state index in [2.05, 4.69) is 19.7 Å². The molecule has 0 amide bonds. The summed E-state index contributed by atoms with van der Waals surface area (Å²) in [5.74, 6) is -8.79. The average Bonchev–Trinajstić information content (AvgIpc) is 3.01. The zero-order valence-electron chi connectivity index (χ0n) is 11.8. The highest BCUT2D eigenvalue weighted by Crippen LogP contribution is 2.36. The number of alkyl halides is 6. The van der Waals surface area contributed by atoms with Crippen molar-refractivity contribution < 1.29 is 35.9 Å². The van der Waals surface area contributed by atoms with Gasteiger partial charge >= 0.3 is 18.1 Å². The van der Waals surface area contributed by atoms with E-state index in [0.717, 1.165) is 6.33 Å². The van der Waals surface area contributed by atoms with Gasteiger partial charge in [0, 0.05) is 12.4 Å². The summed E-state index contributed by atoms with van der Waals surface area (Å²) in [6.07, 6.45) is -5.70. The molecule has 0 bridgehead atoms. The summed E-state index contributed by atoms with van der Waals surface area (Å²) in [5, 5.41) is 0. The maximum Gasteiger partial charge on any atom is 0.426 e. The van der Waals surface area contributed by atoms with Crippen molar-refractivity contribution in [2.75, 3.05) is 0 Å². The number of ether oxygens (including phenoxy) is 1. The molecule has 130 valence electrons. The molecule has 1 unspecified atom stereocenters. The maximum atomic E-state index is 13.3. The minimum Gasteiger partial charge on any atom is -0.402 e. The van der Waals surface area contributed by atoms with Gasteiger partial charge in [-0.15, -0.1) is 0 Å². The molecule has 2 heterocycles. The lowest BCUT2D eigenvalue weighted by Gasteiger charge is -2.21. The lowest BCUT2D eigenvalue weighted by atomic mass is 10.2. The number of rotatable bonds is 4. The summed E-state index contributed by atoms with van der Waals surface area (Å²) in [6, 6.07) is 0. The zero-order chi connectivity index (χ0) is 18.1.